The summed E-state index contributed by atoms with van der Waals surface area (Å²) in [5.41, 5.74) is 1.85. The molecule has 25 heavy (non-hydrogen) atoms. The Hall–Kier alpha value is -3.10. The molecule has 132 valence electrons. The largest absolute Gasteiger partial charge is 0.493 e. The van der Waals surface area contributed by atoms with Gasteiger partial charge in [0.1, 0.15) is 6.04 Å². The van der Waals surface area contributed by atoms with Gasteiger partial charge >= 0.3 is 5.97 Å². The molecule has 2 heterocycles. The summed E-state index contributed by atoms with van der Waals surface area (Å²) in [7, 11) is 3.12. The van der Waals surface area contributed by atoms with Gasteiger partial charge in [0.15, 0.2) is 11.5 Å². The lowest BCUT2D eigenvalue weighted by atomic mass is 9.95. The van der Waals surface area contributed by atoms with Crippen molar-refractivity contribution in [3.05, 3.63) is 35.0 Å². The molecule has 1 aromatic carbocycles. The minimum atomic E-state index is -0.537. The van der Waals surface area contributed by atoms with Crippen LogP contribution < -0.4 is 14.8 Å². The monoisotopic (exact) mass is 345 g/mol. The normalized spacial score (nSPS) is 16.1. The summed E-state index contributed by atoms with van der Waals surface area (Å²) >= 11 is 0. The minimum absolute atomic E-state index is 0.275. The number of anilines is 1. The molecule has 0 radical (unpaired) electrons. The average Bonchev–Trinajstić information content (AvgIpc) is 3.07. The van der Waals surface area contributed by atoms with E-state index >= 15 is 0 Å². The number of rotatable bonds is 5. The van der Waals surface area contributed by atoms with Crippen LogP contribution in [0.2, 0.25) is 0 Å². The summed E-state index contributed by atoms with van der Waals surface area (Å²) in [5.74, 6) is 1.17. The van der Waals surface area contributed by atoms with Crippen molar-refractivity contribution in [3.63, 3.8) is 0 Å². The van der Waals surface area contributed by atoms with E-state index in [1.165, 1.54) is 0 Å². The Morgan fingerprint density at radius 3 is 2.72 bits per heavy atom. The molecule has 9 heteroatoms. The molecule has 1 atom stereocenters. The van der Waals surface area contributed by atoms with Crippen molar-refractivity contribution in [2.45, 2.75) is 19.9 Å². The highest BCUT2D eigenvalue weighted by Crippen LogP contribution is 2.38. The Morgan fingerprint density at radius 1 is 1.28 bits per heavy atom. The number of esters is 1. The van der Waals surface area contributed by atoms with Crippen LogP contribution in [0.5, 0.6) is 11.5 Å². The van der Waals surface area contributed by atoms with Gasteiger partial charge in [0.05, 0.1) is 26.4 Å². The third-order valence-corrected chi connectivity index (χ3v) is 3.93. The van der Waals surface area contributed by atoms with Crippen LogP contribution in [0, 0.1) is 0 Å². The Balaban J connectivity index is 2.15. The van der Waals surface area contributed by atoms with E-state index in [1.807, 2.05) is 6.07 Å². The standard InChI is InChI=1S/C16H19N5O4/c1-5-25-15(22)13-9(2)17-16-18-19-20-21(16)14(13)10-6-7-11(23-3)12(8-10)24-4/h6-8,14H,5H2,1-4H3,(H,17,18,20)/t14-/m0/s1. The minimum Gasteiger partial charge on any atom is -0.493 e. The second-order valence-electron chi connectivity index (χ2n) is 5.35. The van der Waals surface area contributed by atoms with Crippen molar-refractivity contribution in [1.82, 2.24) is 20.2 Å². The fraction of sp³-hybridized carbons (Fsp3) is 0.375. The molecule has 0 fully saturated rings. The van der Waals surface area contributed by atoms with E-state index in [9.17, 15) is 4.79 Å². The SMILES string of the molecule is CCOC(=O)C1=C(C)Nc2nnnn2[C@H]1c1ccc(OC)c(OC)c1. The van der Waals surface area contributed by atoms with E-state index in [4.69, 9.17) is 14.2 Å². The van der Waals surface area contributed by atoms with Gasteiger partial charge in [-0.2, -0.15) is 4.68 Å². The molecule has 0 saturated heterocycles. The Labute approximate surface area is 144 Å². The van der Waals surface area contributed by atoms with Gasteiger partial charge in [0.2, 0.25) is 5.95 Å². The first-order chi connectivity index (χ1) is 12.1. The fourth-order valence-corrected chi connectivity index (χ4v) is 2.82. The van der Waals surface area contributed by atoms with Gasteiger partial charge in [0.25, 0.3) is 0 Å². The van der Waals surface area contributed by atoms with Crippen LogP contribution in [0.4, 0.5) is 5.95 Å². The predicted octanol–water partition coefficient (Wildman–Crippen LogP) is 1.54. The molecule has 0 unspecified atom stereocenters. The topological polar surface area (TPSA) is 100 Å². The van der Waals surface area contributed by atoms with Crippen LogP contribution in [0.15, 0.2) is 29.5 Å². The third kappa shape index (κ3) is 2.88. The van der Waals surface area contributed by atoms with E-state index in [-0.39, 0.29) is 6.61 Å². The molecule has 0 saturated carbocycles. The number of carbonyl (C=O) groups excluding carboxylic acids is 1. The second kappa shape index (κ2) is 6.80. The van der Waals surface area contributed by atoms with E-state index in [2.05, 4.69) is 20.8 Å². The molecule has 3 rings (SSSR count). The van der Waals surface area contributed by atoms with Crippen LogP contribution >= 0.6 is 0 Å². The van der Waals surface area contributed by atoms with E-state index in [1.54, 1.807) is 44.9 Å². The maximum atomic E-state index is 12.5. The maximum Gasteiger partial charge on any atom is 0.338 e. The number of ether oxygens (including phenoxy) is 3. The number of allylic oxidation sites excluding steroid dienone is 1. The quantitative estimate of drug-likeness (QED) is 0.815. The molecule has 1 aliphatic rings. The summed E-state index contributed by atoms with van der Waals surface area (Å²) < 4.78 is 17.4. The van der Waals surface area contributed by atoms with E-state index in [0.717, 1.165) is 5.56 Å². The average molecular weight is 345 g/mol. The summed E-state index contributed by atoms with van der Waals surface area (Å²) in [6, 6.07) is 4.88. The molecule has 1 aromatic heterocycles. The van der Waals surface area contributed by atoms with Crippen molar-refractivity contribution in [3.8, 4) is 11.5 Å². The first-order valence-corrected chi connectivity index (χ1v) is 7.75. The number of hydrogen-bond donors (Lipinski definition) is 1. The van der Waals surface area contributed by atoms with Crippen molar-refractivity contribution in [1.29, 1.82) is 0 Å². The Bertz CT molecular complexity index is 830. The molecular formula is C16H19N5O4. The summed E-state index contributed by atoms with van der Waals surface area (Å²) in [6.45, 7) is 3.83. The first kappa shape index (κ1) is 16.7. The van der Waals surface area contributed by atoms with Crippen LogP contribution in [-0.2, 0) is 9.53 Å². The van der Waals surface area contributed by atoms with Crippen LogP contribution in [0.3, 0.4) is 0 Å². The lowest BCUT2D eigenvalue weighted by Crippen LogP contribution is -2.29. The van der Waals surface area contributed by atoms with Gasteiger partial charge in [-0.1, -0.05) is 11.2 Å². The number of benzene rings is 1. The van der Waals surface area contributed by atoms with Crippen LogP contribution in [-0.4, -0.2) is 47.0 Å². The van der Waals surface area contributed by atoms with Crippen molar-refractivity contribution < 1.29 is 19.0 Å². The van der Waals surface area contributed by atoms with Gasteiger partial charge < -0.3 is 19.5 Å². The van der Waals surface area contributed by atoms with Crippen molar-refractivity contribution >= 4 is 11.9 Å². The highest BCUT2D eigenvalue weighted by Gasteiger charge is 2.35. The van der Waals surface area contributed by atoms with Gasteiger partial charge in [-0.25, -0.2) is 4.79 Å². The maximum absolute atomic E-state index is 12.5. The van der Waals surface area contributed by atoms with Gasteiger partial charge in [-0.05, 0) is 42.0 Å². The van der Waals surface area contributed by atoms with E-state index in [0.29, 0.717) is 28.7 Å². The second-order valence-corrected chi connectivity index (χ2v) is 5.35. The Morgan fingerprint density at radius 2 is 2.04 bits per heavy atom. The molecule has 0 bridgehead atoms. The summed E-state index contributed by atoms with van der Waals surface area (Å²) in [4.78, 5) is 12.5. The van der Waals surface area contributed by atoms with Gasteiger partial charge in [0, 0.05) is 5.70 Å². The number of nitrogens with one attached hydrogen (secondary N) is 1. The number of methoxy groups -OCH3 is 2. The molecule has 0 aliphatic carbocycles. The zero-order valence-electron chi connectivity index (χ0n) is 14.4. The molecule has 0 spiro atoms. The molecule has 1 N–H and O–H groups in total. The molecular weight excluding hydrogens is 326 g/mol. The number of nitrogens with zero attached hydrogens (tertiary/aromatic N) is 4. The molecule has 1 aliphatic heterocycles. The van der Waals surface area contributed by atoms with Crippen LogP contribution in [0.25, 0.3) is 0 Å². The fourth-order valence-electron chi connectivity index (χ4n) is 2.82. The van der Waals surface area contributed by atoms with E-state index < -0.39 is 12.0 Å². The lowest BCUT2D eigenvalue weighted by Gasteiger charge is -2.27. The number of fused-ring (bicyclic) bond motifs is 1. The smallest absolute Gasteiger partial charge is 0.338 e. The number of tetrazole rings is 1. The van der Waals surface area contributed by atoms with Crippen molar-refractivity contribution in [2.24, 2.45) is 0 Å². The van der Waals surface area contributed by atoms with Gasteiger partial charge in [-0.15, -0.1) is 0 Å². The van der Waals surface area contributed by atoms with Crippen molar-refractivity contribution in [2.75, 3.05) is 26.1 Å². The first-order valence-electron chi connectivity index (χ1n) is 7.75. The number of carbonyl (C=O) groups is 1. The lowest BCUT2D eigenvalue weighted by molar-refractivity contribution is -0.139. The molecule has 2 aromatic rings. The zero-order chi connectivity index (χ0) is 18.0. The number of aromatic nitrogens is 4. The summed E-state index contributed by atoms with van der Waals surface area (Å²) in [5, 5.41) is 14.7. The Kier molecular flexibility index (Phi) is 4.55. The molecule has 0 amide bonds. The predicted molar refractivity (Wildman–Crippen MR) is 88.5 cm³/mol. The number of hydrogen-bond acceptors (Lipinski definition) is 8. The third-order valence-electron chi connectivity index (χ3n) is 3.93. The summed E-state index contributed by atoms with van der Waals surface area (Å²) in [6.07, 6.45) is 0. The molecule has 9 nitrogen and oxygen atoms in total. The highest BCUT2D eigenvalue weighted by atomic mass is 16.5. The van der Waals surface area contributed by atoms with Crippen LogP contribution in [0.1, 0.15) is 25.5 Å². The zero-order valence-corrected chi connectivity index (χ0v) is 14.4. The highest BCUT2D eigenvalue weighted by molar-refractivity contribution is 5.92. The van der Waals surface area contributed by atoms with Gasteiger partial charge in [-0.3, -0.25) is 0 Å².